The van der Waals surface area contributed by atoms with Gasteiger partial charge in [0.25, 0.3) is 10.0 Å². The molecule has 1 unspecified atom stereocenters. The van der Waals surface area contributed by atoms with Crippen molar-refractivity contribution in [3.8, 4) is 0 Å². The summed E-state index contributed by atoms with van der Waals surface area (Å²) in [4.78, 5) is 16.8. The number of nitrogens with zero attached hydrogens (tertiary/aromatic N) is 2. The molecule has 8 heteroatoms. The van der Waals surface area contributed by atoms with Crippen molar-refractivity contribution >= 4 is 32.4 Å². The van der Waals surface area contributed by atoms with E-state index in [0.29, 0.717) is 0 Å². The largest absolute Gasteiger partial charge is 0.348 e. The molecular formula is C19H19N3O3S2. The lowest BCUT2D eigenvalue weighted by Crippen LogP contribution is -2.41. The molecule has 0 saturated carbocycles. The molecule has 1 amide bonds. The number of rotatable bonds is 7. The summed E-state index contributed by atoms with van der Waals surface area (Å²) in [6.07, 6.45) is 1.51. The van der Waals surface area contributed by atoms with Gasteiger partial charge in [0.1, 0.15) is 6.54 Å². The third kappa shape index (κ3) is 4.53. The SMILES string of the molecule is CC(NC(=O)CN(c1nccs1)S(=O)(=O)c1ccccc1)c1ccccc1. The van der Waals surface area contributed by atoms with E-state index in [0.717, 1.165) is 9.87 Å². The molecule has 2 aromatic carbocycles. The van der Waals surface area contributed by atoms with Crippen LogP contribution in [0.2, 0.25) is 0 Å². The molecule has 0 radical (unpaired) electrons. The monoisotopic (exact) mass is 401 g/mol. The summed E-state index contributed by atoms with van der Waals surface area (Å²) in [7, 11) is -3.90. The van der Waals surface area contributed by atoms with E-state index in [9.17, 15) is 13.2 Å². The minimum atomic E-state index is -3.90. The fourth-order valence-electron chi connectivity index (χ4n) is 2.56. The van der Waals surface area contributed by atoms with Gasteiger partial charge >= 0.3 is 0 Å². The van der Waals surface area contributed by atoms with E-state index in [-0.39, 0.29) is 22.6 Å². The van der Waals surface area contributed by atoms with Gasteiger partial charge in [-0.1, -0.05) is 48.5 Å². The van der Waals surface area contributed by atoms with Crippen molar-refractivity contribution in [2.75, 3.05) is 10.8 Å². The molecule has 1 heterocycles. The second kappa shape index (κ2) is 8.32. The molecule has 1 atom stereocenters. The lowest BCUT2D eigenvalue weighted by molar-refractivity contribution is -0.120. The lowest BCUT2D eigenvalue weighted by Gasteiger charge is -2.22. The van der Waals surface area contributed by atoms with E-state index in [1.165, 1.54) is 29.7 Å². The number of hydrogen-bond acceptors (Lipinski definition) is 5. The second-order valence-electron chi connectivity index (χ2n) is 5.84. The summed E-state index contributed by atoms with van der Waals surface area (Å²) < 4.78 is 27.1. The van der Waals surface area contributed by atoms with Crippen LogP contribution in [0.15, 0.2) is 77.1 Å². The number of sulfonamides is 1. The second-order valence-corrected chi connectivity index (χ2v) is 8.57. The number of carbonyl (C=O) groups is 1. The predicted octanol–water partition coefficient (Wildman–Crippen LogP) is 3.22. The minimum absolute atomic E-state index is 0.115. The first kappa shape index (κ1) is 19.1. The van der Waals surface area contributed by atoms with Gasteiger partial charge in [-0.05, 0) is 24.6 Å². The average molecular weight is 402 g/mol. The number of anilines is 1. The van der Waals surface area contributed by atoms with Crippen molar-refractivity contribution in [3.05, 3.63) is 77.8 Å². The van der Waals surface area contributed by atoms with E-state index in [1.807, 2.05) is 37.3 Å². The van der Waals surface area contributed by atoms with Crippen LogP contribution in [0.1, 0.15) is 18.5 Å². The standard InChI is InChI=1S/C19H19N3O3S2/c1-15(16-8-4-2-5-9-16)21-18(23)14-22(19-20-12-13-26-19)27(24,25)17-10-6-3-7-11-17/h2-13,15H,14H2,1H3,(H,21,23). The fourth-order valence-corrected chi connectivity index (χ4v) is 4.82. The predicted molar refractivity (Wildman–Crippen MR) is 106 cm³/mol. The summed E-state index contributed by atoms with van der Waals surface area (Å²) in [5.41, 5.74) is 0.942. The van der Waals surface area contributed by atoms with E-state index >= 15 is 0 Å². The summed E-state index contributed by atoms with van der Waals surface area (Å²) in [6, 6.07) is 17.3. The van der Waals surface area contributed by atoms with Crippen LogP contribution >= 0.6 is 11.3 Å². The molecule has 3 aromatic rings. The molecule has 3 rings (SSSR count). The Morgan fingerprint density at radius 3 is 2.33 bits per heavy atom. The summed E-state index contributed by atoms with van der Waals surface area (Å²) in [5.74, 6) is -0.402. The molecule has 0 saturated heterocycles. The van der Waals surface area contributed by atoms with Gasteiger partial charge in [-0.25, -0.2) is 17.7 Å². The van der Waals surface area contributed by atoms with E-state index < -0.39 is 15.9 Å². The Labute approximate surface area is 162 Å². The molecular weight excluding hydrogens is 382 g/mol. The molecule has 1 aromatic heterocycles. The van der Waals surface area contributed by atoms with Crippen LogP contribution in [0.3, 0.4) is 0 Å². The molecule has 6 nitrogen and oxygen atoms in total. The Morgan fingerprint density at radius 2 is 1.74 bits per heavy atom. The van der Waals surface area contributed by atoms with Crippen molar-refractivity contribution in [2.45, 2.75) is 17.9 Å². The molecule has 0 spiro atoms. The molecule has 0 bridgehead atoms. The van der Waals surface area contributed by atoms with Crippen LogP contribution in [-0.4, -0.2) is 25.9 Å². The molecule has 140 valence electrons. The van der Waals surface area contributed by atoms with Crippen molar-refractivity contribution in [2.24, 2.45) is 0 Å². The minimum Gasteiger partial charge on any atom is -0.348 e. The number of hydrogen-bond donors (Lipinski definition) is 1. The van der Waals surface area contributed by atoms with Crippen LogP contribution < -0.4 is 9.62 Å². The summed E-state index contributed by atoms with van der Waals surface area (Å²) in [5, 5.41) is 4.77. The maximum absolute atomic E-state index is 13.0. The van der Waals surface area contributed by atoms with Crippen molar-refractivity contribution in [3.63, 3.8) is 0 Å². The zero-order valence-electron chi connectivity index (χ0n) is 14.6. The quantitative estimate of drug-likeness (QED) is 0.659. The topological polar surface area (TPSA) is 79.4 Å². The Bertz CT molecular complexity index is 976. The van der Waals surface area contributed by atoms with Crippen LogP contribution in [0.4, 0.5) is 5.13 Å². The molecule has 0 fully saturated rings. The fraction of sp³-hybridized carbons (Fsp3) is 0.158. The Morgan fingerprint density at radius 1 is 1.11 bits per heavy atom. The summed E-state index contributed by atoms with van der Waals surface area (Å²) in [6.45, 7) is 1.51. The number of carbonyl (C=O) groups excluding carboxylic acids is 1. The maximum Gasteiger partial charge on any atom is 0.266 e. The zero-order valence-corrected chi connectivity index (χ0v) is 16.3. The number of nitrogens with one attached hydrogen (secondary N) is 1. The number of aromatic nitrogens is 1. The van der Waals surface area contributed by atoms with Crippen LogP contribution in [0.25, 0.3) is 0 Å². The zero-order chi connectivity index (χ0) is 19.3. The van der Waals surface area contributed by atoms with Crippen LogP contribution in [0, 0.1) is 0 Å². The first-order valence-electron chi connectivity index (χ1n) is 8.30. The van der Waals surface area contributed by atoms with Gasteiger partial charge in [0.15, 0.2) is 5.13 Å². The lowest BCUT2D eigenvalue weighted by atomic mass is 10.1. The third-order valence-electron chi connectivity index (χ3n) is 3.93. The van der Waals surface area contributed by atoms with E-state index in [2.05, 4.69) is 10.3 Å². The number of benzene rings is 2. The normalized spacial score (nSPS) is 12.3. The Balaban J connectivity index is 1.82. The van der Waals surface area contributed by atoms with Gasteiger partial charge in [0.2, 0.25) is 5.91 Å². The average Bonchev–Trinajstić information content (AvgIpc) is 3.21. The molecule has 0 aliphatic rings. The first-order valence-corrected chi connectivity index (χ1v) is 10.6. The first-order chi connectivity index (χ1) is 13.0. The third-order valence-corrected chi connectivity index (χ3v) is 6.59. The Kier molecular flexibility index (Phi) is 5.88. The Hall–Kier alpha value is -2.71. The molecule has 0 aliphatic carbocycles. The highest BCUT2D eigenvalue weighted by Gasteiger charge is 2.29. The summed E-state index contributed by atoms with van der Waals surface area (Å²) >= 11 is 1.17. The van der Waals surface area contributed by atoms with Crippen LogP contribution in [0.5, 0.6) is 0 Å². The van der Waals surface area contributed by atoms with Gasteiger partial charge in [-0.2, -0.15) is 0 Å². The van der Waals surface area contributed by atoms with Crippen molar-refractivity contribution in [1.82, 2.24) is 10.3 Å². The van der Waals surface area contributed by atoms with Crippen LogP contribution in [-0.2, 0) is 14.8 Å². The van der Waals surface area contributed by atoms with Gasteiger partial charge in [-0.3, -0.25) is 4.79 Å². The maximum atomic E-state index is 13.0. The number of thiazole rings is 1. The van der Waals surface area contributed by atoms with E-state index in [1.54, 1.807) is 23.6 Å². The molecule has 0 aliphatic heterocycles. The van der Waals surface area contributed by atoms with Gasteiger partial charge in [-0.15, -0.1) is 11.3 Å². The van der Waals surface area contributed by atoms with Gasteiger partial charge in [0.05, 0.1) is 10.9 Å². The van der Waals surface area contributed by atoms with Gasteiger partial charge in [0, 0.05) is 11.6 Å². The smallest absolute Gasteiger partial charge is 0.266 e. The number of amides is 1. The van der Waals surface area contributed by atoms with E-state index in [4.69, 9.17) is 0 Å². The molecule has 1 N–H and O–H groups in total. The van der Waals surface area contributed by atoms with Crippen molar-refractivity contribution in [1.29, 1.82) is 0 Å². The van der Waals surface area contributed by atoms with Gasteiger partial charge < -0.3 is 5.32 Å². The van der Waals surface area contributed by atoms with Crippen molar-refractivity contribution < 1.29 is 13.2 Å². The highest BCUT2D eigenvalue weighted by molar-refractivity contribution is 7.93. The highest BCUT2D eigenvalue weighted by Crippen LogP contribution is 2.25. The molecule has 27 heavy (non-hydrogen) atoms. The highest BCUT2D eigenvalue weighted by atomic mass is 32.2.